The number of carbonyl (C=O) groups is 1. The molecule has 0 bridgehead atoms. The normalized spacial score (nSPS) is 16.1. The van der Waals surface area contributed by atoms with Gasteiger partial charge in [0.15, 0.2) is 0 Å². The predicted molar refractivity (Wildman–Crippen MR) is 98.8 cm³/mol. The van der Waals surface area contributed by atoms with E-state index in [0.29, 0.717) is 31.6 Å². The van der Waals surface area contributed by atoms with E-state index in [4.69, 9.17) is 0 Å². The van der Waals surface area contributed by atoms with Crippen molar-refractivity contribution in [2.75, 3.05) is 18.0 Å². The van der Waals surface area contributed by atoms with E-state index in [9.17, 15) is 14.9 Å². The Labute approximate surface area is 152 Å². The molecular weight excluding hydrogens is 332 g/mol. The van der Waals surface area contributed by atoms with Gasteiger partial charge in [-0.05, 0) is 43.5 Å². The number of nitro groups is 1. The lowest BCUT2D eigenvalue weighted by molar-refractivity contribution is -0.384. The van der Waals surface area contributed by atoms with Crippen LogP contribution >= 0.6 is 0 Å². The van der Waals surface area contributed by atoms with Gasteiger partial charge in [-0.3, -0.25) is 19.9 Å². The Hall–Kier alpha value is -2.96. The first kappa shape index (κ1) is 17.8. The first-order valence-electron chi connectivity index (χ1n) is 8.75. The lowest BCUT2D eigenvalue weighted by Gasteiger charge is -2.33. The second-order valence-electron chi connectivity index (χ2n) is 6.52. The molecule has 1 fully saturated rings. The topological polar surface area (TPSA) is 88.4 Å². The summed E-state index contributed by atoms with van der Waals surface area (Å²) >= 11 is 0. The largest absolute Gasteiger partial charge is 0.366 e. The van der Waals surface area contributed by atoms with Crippen LogP contribution in [0.15, 0.2) is 48.8 Å². The minimum absolute atomic E-state index is 0.0384. The van der Waals surface area contributed by atoms with Crippen LogP contribution in [0.5, 0.6) is 0 Å². The number of nitro benzene ring substituents is 1. The summed E-state index contributed by atoms with van der Waals surface area (Å²) < 4.78 is 0. The number of aromatic nitrogens is 1. The van der Waals surface area contributed by atoms with Crippen molar-refractivity contribution < 1.29 is 9.72 Å². The SMILES string of the molecule is CC(NC(=O)C1CCN(c2ccccc2[N+](=O)[O-])CC1)c1ccncc1. The molecule has 1 aromatic carbocycles. The Balaban J connectivity index is 1.58. The molecule has 136 valence electrons. The summed E-state index contributed by atoms with van der Waals surface area (Å²) in [7, 11) is 0. The van der Waals surface area contributed by atoms with Crippen molar-refractivity contribution in [3.05, 3.63) is 64.5 Å². The molecule has 2 heterocycles. The maximum absolute atomic E-state index is 12.5. The van der Waals surface area contributed by atoms with E-state index in [1.165, 1.54) is 6.07 Å². The zero-order valence-electron chi connectivity index (χ0n) is 14.7. The Morgan fingerprint density at radius 1 is 1.23 bits per heavy atom. The zero-order chi connectivity index (χ0) is 18.5. The number of nitrogens with zero attached hydrogens (tertiary/aromatic N) is 3. The third kappa shape index (κ3) is 3.99. The number of anilines is 1. The highest BCUT2D eigenvalue weighted by molar-refractivity contribution is 5.79. The molecule has 1 atom stereocenters. The maximum Gasteiger partial charge on any atom is 0.292 e. The fourth-order valence-corrected chi connectivity index (χ4v) is 3.34. The van der Waals surface area contributed by atoms with Crippen LogP contribution in [0.4, 0.5) is 11.4 Å². The van der Waals surface area contributed by atoms with Crippen LogP contribution in [0.2, 0.25) is 0 Å². The van der Waals surface area contributed by atoms with Gasteiger partial charge >= 0.3 is 0 Å². The van der Waals surface area contributed by atoms with E-state index >= 15 is 0 Å². The molecule has 0 spiro atoms. The molecule has 7 nitrogen and oxygen atoms in total. The molecule has 3 rings (SSSR count). The van der Waals surface area contributed by atoms with Gasteiger partial charge in [0.1, 0.15) is 5.69 Å². The number of benzene rings is 1. The fourth-order valence-electron chi connectivity index (χ4n) is 3.34. The molecule has 1 aromatic heterocycles. The highest BCUT2D eigenvalue weighted by Crippen LogP contribution is 2.31. The van der Waals surface area contributed by atoms with Crippen molar-refractivity contribution in [1.29, 1.82) is 0 Å². The quantitative estimate of drug-likeness (QED) is 0.658. The van der Waals surface area contributed by atoms with Crippen molar-refractivity contribution in [3.8, 4) is 0 Å². The van der Waals surface area contributed by atoms with Gasteiger partial charge < -0.3 is 10.2 Å². The lowest BCUT2D eigenvalue weighted by Crippen LogP contribution is -2.41. The Bertz CT molecular complexity index is 773. The molecule has 1 saturated heterocycles. The van der Waals surface area contributed by atoms with Gasteiger partial charge in [0.2, 0.25) is 5.91 Å². The second-order valence-corrected chi connectivity index (χ2v) is 6.52. The molecule has 2 aromatic rings. The van der Waals surface area contributed by atoms with Gasteiger partial charge in [0.05, 0.1) is 11.0 Å². The van der Waals surface area contributed by atoms with Crippen LogP contribution in [0, 0.1) is 16.0 Å². The van der Waals surface area contributed by atoms with Crippen molar-refractivity contribution in [3.63, 3.8) is 0 Å². The third-order valence-corrected chi connectivity index (χ3v) is 4.85. The standard InChI is InChI=1S/C19H22N4O3/c1-14(15-6-10-20-11-7-15)21-19(24)16-8-12-22(13-9-16)17-4-2-3-5-18(17)23(25)26/h2-7,10-11,14,16H,8-9,12-13H2,1H3,(H,21,24). The van der Waals surface area contributed by atoms with Crippen LogP contribution in [-0.2, 0) is 4.79 Å². The molecule has 1 N–H and O–H groups in total. The molecule has 1 aliphatic rings. The molecule has 1 unspecified atom stereocenters. The number of carbonyl (C=O) groups excluding carboxylic acids is 1. The van der Waals surface area contributed by atoms with Crippen molar-refractivity contribution >= 4 is 17.3 Å². The number of nitrogens with one attached hydrogen (secondary N) is 1. The van der Waals surface area contributed by atoms with Crippen molar-refractivity contribution in [1.82, 2.24) is 10.3 Å². The summed E-state index contributed by atoms with van der Waals surface area (Å²) in [6.45, 7) is 3.22. The number of para-hydroxylation sites is 2. The van der Waals surface area contributed by atoms with Crippen LogP contribution < -0.4 is 10.2 Å². The van der Waals surface area contributed by atoms with Crippen LogP contribution in [-0.4, -0.2) is 28.9 Å². The minimum atomic E-state index is -0.357. The molecule has 26 heavy (non-hydrogen) atoms. The molecule has 0 saturated carbocycles. The Kier molecular flexibility index (Phi) is 5.46. The van der Waals surface area contributed by atoms with E-state index in [2.05, 4.69) is 10.3 Å². The molecule has 0 aliphatic carbocycles. The highest BCUT2D eigenvalue weighted by atomic mass is 16.6. The molecule has 0 radical (unpaired) electrons. The second kappa shape index (κ2) is 7.95. The molecule has 7 heteroatoms. The van der Waals surface area contributed by atoms with E-state index < -0.39 is 0 Å². The van der Waals surface area contributed by atoms with E-state index in [-0.39, 0.29) is 28.5 Å². The first-order valence-corrected chi connectivity index (χ1v) is 8.75. The number of amides is 1. The van der Waals surface area contributed by atoms with E-state index in [1.54, 1.807) is 30.6 Å². The van der Waals surface area contributed by atoms with E-state index in [1.807, 2.05) is 24.0 Å². The van der Waals surface area contributed by atoms with Crippen LogP contribution in [0.1, 0.15) is 31.4 Å². The number of hydrogen-bond donors (Lipinski definition) is 1. The van der Waals surface area contributed by atoms with Crippen LogP contribution in [0.25, 0.3) is 0 Å². The van der Waals surface area contributed by atoms with Crippen LogP contribution in [0.3, 0.4) is 0 Å². The predicted octanol–water partition coefficient (Wildman–Crippen LogP) is 3.08. The summed E-state index contributed by atoms with van der Waals surface area (Å²) in [5.74, 6) is -0.0326. The van der Waals surface area contributed by atoms with Gasteiger partial charge in [-0.1, -0.05) is 12.1 Å². The molecule has 1 amide bonds. The number of pyridine rings is 1. The van der Waals surface area contributed by atoms with E-state index in [0.717, 1.165) is 5.56 Å². The van der Waals surface area contributed by atoms with Gasteiger partial charge in [-0.25, -0.2) is 0 Å². The monoisotopic (exact) mass is 354 g/mol. The first-order chi connectivity index (χ1) is 12.6. The number of piperidine rings is 1. The molecule has 1 aliphatic heterocycles. The van der Waals surface area contributed by atoms with Gasteiger partial charge in [0.25, 0.3) is 5.69 Å². The fraction of sp³-hybridized carbons (Fsp3) is 0.368. The van der Waals surface area contributed by atoms with Gasteiger partial charge in [-0.2, -0.15) is 0 Å². The Morgan fingerprint density at radius 3 is 2.54 bits per heavy atom. The maximum atomic E-state index is 12.5. The lowest BCUT2D eigenvalue weighted by atomic mass is 9.94. The number of hydrogen-bond acceptors (Lipinski definition) is 5. The average Bonchev–Trinajstić information content (AvgIpc) is 2.68. The Morgan fingerprint density at radius 2 is 1.88 bits per heavy atom. The van der Waals surface area contributed by atoms with Crippen molar-refractivity contribution in [2.45, 2.75) is 25.8 Å². The average molecular weight is 354 g/mol. The summed E-state index contributed by atoms with van der Waals surface area (Å²) in [6.07, 6.45) is 4.79. The molecular formula is C19H22N4O3. The summed E-state index contributed by atoms with van der Waals surface area (Å²) in [6, 6.07) is 10.5. The highest BCUT2D eigenvalue weighted by Gasteiger charge is 2.28. The van der Waals surface area contributed by atoms with Gasteiger partial charge in [-0.15, -0.1) is 0 Å². The zero-order valence-corrected chi connectivity index (χ0v) is 14.7. The summed E-state index contributed by atoms with van der Waals surface area (Å²) in [5, 5.41) is 14.3. The smallest absolute Gasteiger partial charge is 0.292 e. The summed E-state index contributed by atoms with van der Waals surface area (Å²) in [4.78, 5) is 29.4. The minimum Gasteiger partial charge on any atom is -0.366 e. The third-order valence-electron chi connectivity index (χ3n) is 4.85. The van der Waals surface area contributed by atoms with Crippen molar-refractivity contribution in [2.24, 2.45) is 5.92 Å². The van der Waals surface area contributed by atoms with Gasteiger partial charge in [0, 0.05) is 37.5 Å². The number of rotatable bonds is 5. The summed E-state index contributed by atoms with van der Waals surface area (Å²) in [5.41, 5.74) is 1.76.